The van der Waals surface area contributed by atoms with E-state index < -0.39 is 0 Å². The summed E-state index contributed by atoms with van der Waals surface area (Å²) in [5.41, 5.74) is 0. The second-order valence-electron chi connectivity index (χ2n) is 6.84. The fourth-order valence-electron chi connectivity index (χ4n) is 3.21. The van der Waals surface area contributed by atoms with Crippen molar-refractivity contribution in [2.24, 2.45) is 0 Å². The van der Waals surface area contributed by atoms with E-state index in [0.717, 1.165) is 0 Å². The van der Waals surface area contributed by atoms with Gasteiger partial charge < -0.3 is 28.4 Å². The van der Waals surface area contributed by atoms with Crippen LogP contribution in [-0.2, 0) is 0 Å². The monoisotopic (exact) mass is 444 g/mol. The van der Waals surface area contributed by atoms with Crippen LogP contribution in [-0.4, -0.2) is 21.3 Å². The van der Waals surface area contributed by atoms with Crippen LogP contribution in [0.5, 0.6) is 51.7 Å². The Kier molecular flexibility index (Phi) is 6.85. The van der Waals surface area contributed by atoms with E-state index in [1.54, 1.807) is 33.5 Å². The van der Waals surface area contributed by atoms with Crippen molar-refractivity contribution >= 4 is 0 Å². The Morgan fingerprint density at radius 2 is 0.636 bits per heavy atom. The molecule has 0 aliphatic heterocycles. The highest BCUT2D eigenvalue weighted by Crippen LogP contribution is 2.47. The molecular weight excluding hydrogens is 420 g/mol. The molecule has 0 N–H and O–H groups in total. The maximum atomic E-state index is 6.30. The zero-order valence-electron chi connectivity index (χ0n) is 18.6. The number of hydrogen-bond donors (Lipinski definition) is 0. The van der Waals surface area contributed by atoms with Gasteiger partial charge in [0, 0.05) is 0 Å². The van der Waals surface area contributed by atoms with Gasteiger partial charge in [0.2, 0.25) is 5.75 Å². The van der Waals surface area contributed by atoms with Gasteiger partial charge in [-0.25, -0.2) is 0 Å². The number of benzene rings is 4. The van der Waals surface area contributed by atoms with Crippen molar-refractivity contribution in [2.75, 3.05) is 21.3 Å². The molecule has 4 aromatic rings. The van der Waals surface area contributed by atoms with Crippen molar-refractivity contribution in [3.63, 3.8) is 0 Å². The lowest BCUT2D eigenvalue weighted by Crippen LogP contribution is -1.97. The summed E-state index contributed by atoms with van der Waals surface area (Å²) in [6, 6.07) is 27.6. The molecule has 0 saturated heterocycles. The quantitative estimate of drug-likeness (QED) is 0.275. The van der Waals surface area contributed by atoms with Crippen molar-refractivity contribution in [1.29, 1.82) is 0 Å². The molecule has 4 aromatic carbocycles. The number of ether oxygens (including phenoxy) is 6. The highest BCUT2D eigenvalue weighted by atomic mass is 16.6. The molecule has 0 amide bonds. The van der Waals surface area contributed by atoms with Gasteiger partial charge in [-0.3, -0.25) is 0 Å². The van der Waals surface area contributed by atoms with Crippen LogP contribution in [0.25, 0.3) is 0 Å². The molecular formula is C27H24O6. The Bertz CT molecular complexity index is 1150. The van der Waals surface area contributed by atoms with E-state index in [2.05, 4.69) is 0 Å². The smallest absolute Gasteiger partial charge is 0.212 e. The summed E-state index contributed by atoms with van der Waals surface area (Å²) in [6.45, 7) is 0. The van der Waals surface area contributed by atoms with E-state index >= 15 is 0 Å². The van der Waals surface area contributed by atoms with E-state index in [0.29, 0.717) is 51.7 Å². The SMILES string of the molecule is COc1ccccc1Oc1cccc(Oc2ccccc2OC)c1Oc1ccccc1OC. The first kappa shape index (κ1) is 21.9. The number of rotatable bonds is 9. The van der Waals surface area contributed by atoms with Crippen LogP contribution in [0.15, 0.2) is 91.0 Å². The van der Waals surface area contributed by atoms with Gasteiger partial charge in [0.25, 0.3) is 0 Å². The van der Waals surface area contributed by atoms with E-state index in [1.807, 2.05) is 78.9 Å². The summed E-state index contributed by atoms with van der Waals surface area (Å²) in [6.07, 6.45) is 0. The van der Waals surface area contributed by atoms with Crippen LogP contribution < -0.4 is 28.4 Å². The average molecular weight is 444 g/mol. The van der Waals surface area contributed by atoms with E-state index in [1.165, 1.54) is 0 Å². The van der Waals surface area contributed by atoms with Crippen molar-refractivity contribution < 1.29 is 28.4 Å². The van der Waals surface area contributed by atoms with Crippen molar-refractivity contribution in [3.8, 4) is 51.7 Å². The van der Waals surface area contributed by atoms with Crippen molar-refractivity contribution in [2.45, 2.75) is 0 Å². The Labute approximate surface area is 192 Å². The number of methoxy groups -OCH3 is 3. The van der Waals surface area contributed by atoms with E-state index in [9.17, 15) is 0 Å². The number of hydrogen-bond acceptors (Lipinski definition) is 6. The van der Waals surface area contributed by atoms with Gasteiger partial charge in [0.1, 0.15) is 0 Å². The minimum Gasteiger partial charge on any atom is -0.493 e. The third-order valence-corrected chi connectivity index (χ3v) is 4.80. The van der Waals surface area contributed by atoms with Crippen molar-refractivity contribution in [1.82, 2.24) is 0 Å². The Balaban J connectivity index is 1.79. The van der Waals surface area contributed by atoms with Gasteiger partial charge >= 0.3 is 0 Å². The van der Waals surface area contributed by atoms with E-state index in [-0.39, 0.29) is 0 Å². The average Bonchev–Trinajstić information content (AvgIpc) is 2.86. The Morgan fingerprint density at radius 3 is 1.00 bits per heavy atom. The van der Waals surface area contributed by atoms with Crippen LogP contribution in [0.4, 0.5) is 0 Å². The molecule has 0 spiro atoms. The molecule has 0 heterocycles. The molecule has 0 aliphatic carbocycles. The van der Waals surface area contributed by atoms with Crippen LogP contribution in [0, 0.1) is 0 Å². The third-order valence-electron chi connectivity index (χ3n) is 4.80. The predicted octanol–water partition coefficient (Wildman–Crippen LogP) is 7.09. The second kappa shape index (κ2) is 10.3. The maximum Gasteiger partial charge on any atom is 0.212 e. The van der Waals surface area contributed by atoms with Crippen LogP contribution >= 0.6 is 0 Å². The molecule has 33 heavy (non-hydrogen) atoms. The molecule has 0 aliphatic rings. The van der Waals surface area contributed by atoms with Crippen LogP contribution in [0.1, 0.15) is 0 Å². The molecule has 6 heteroatoms. The molecule has 0 saturated carbocycles. The Morgan fingerprint density at radius 1 is 0.333 bits per heavy atom. The first-order valence-electron chi connectivity index (χ1n) is 10.3. The molecule has 0 unspecified atom stereocenters. The van der Waals surface area contributed by atoms with E-state index in [4.69, 9.17) is 28.4 Å². The maximum absolute atomic E-state index is 6.30. The van der Waals surface area contributed by atoms with Gasteiger partial charge in [0.15, 0.2) is 46.0 Å². The molecule has 0 bridgehead atoms. The molecule has 0 radical (unpaired) electrons. The lowest BCUT2D eigenvalue weighted by Gasteiger charge is -2.19. The summed E-state index contributed by atoms with van der Waals surface area (Å²) in [4.78, 5) is 0. The summed E-state index contributed by atoms with van der Waals surface area (Å²) in [7, 11) is 4.77. The summed E-state index contributed by atoms with van der Waals surface area (Å²) in [5.74, 6) is 4.62. The van der Waals surface area contributed by atoms with Gasteiger partial charge in [-0.1, -0.05) is 42.5 Å². The molecule has 168 valence electrons. The first-order valence-corrected chi connectivity index (χ1v) is 10.3. The molecule has 6 nitrogen and oxygen atoms in total. The van der Waals surface area contributed by atoms with Gasteiger partial charge in [-0.05, 0) is 48.5 Å². The highest BCUT2D eigenvalue weighted by molar-refractivity contribution is 5.58. The zero-order valence-corrected chi connectivity index (χ0v) is 18.6. The predicted molar refractivity (Wildman–Crippen MR) is 126 cm³/mol. The number of para-hydroxylation sites is 7. The molecule has 4 rings (SSSR count). The molecule has 0 fully saturated rings. The second-order valence-corrected chi connectivity index (χ2v) is 6.84. The highest BCUT2D eigenvalue weighted by Gasteiger charge is 2.19. The van der Waals surface area contributed by atoms with Gasteiger partial charge in [-0.15, -0.1) is 0 Å². The zero-order chi connectivity index (χ0) is 23.0. The topological polar surface area (TPSA) is 55.4 Å². The summed E-state index contributed by atoms with van der Waals surface area (Å²) in [5, 5.41) is 0. The largest absolute Gasteiger partial charge is 0.493 e. The summed E-state index contributed by atoms with van der Waals surface area (Å²) >= 11 is 0. The van der Waals surface area contributed by atoms with Crippen LogP contribution in [0.3, 0.4) is 0 Å². The molecule has 0 aromatic heterocycles. The van der Waals surface area contributed by atoms with Gasteiger partial charge in [0.05, 0.1) is 21.3 Å². The minimum absolute atomic E-state index is 0.374. The summed E-state index contributed by atoms with van der Waals surface area (Å²) < 4.78 is 35.0. The molecule has 0 atom stereocenters. The normalized spacial score (nSPS) is 10.3. The fraction of sp³-hybridized carbons (Fsp3) is 0.111. The minimum atomic E-state index is 0.374. The lowest BCUT2D eigenvalue weighted by molar-refractivity contribution is 0.340. The Hall–Kier alpha value is -4.32. The van der Waals surface area contributed by atoms with Crippen LogP contribution in [0.2, 0.25) is 0 Å². The lowest BCUT2D eigenvalue weighted by atomic mass is 10.2. The standard InChI is InChI=1S/C27H24O6/c1-28-19-11-4-7-14-22(19)31-25-17-10-18-26(32-23-15-8-5-12-20(23)29-2)27(25)33-24-16-9-6-13-21(24)30-3/h4-18H,1-3H3. The fourth-order valence-corrected chi connectivity index (χ4v) is 3.21. The van der Waals surface area contributed by atoms with Gasteiger partial charge in [-0.2, -0.15) is 0 Å². The van der Waals surface area contributed by atoms with Crippen molar-refractivity contribution in [3.05, 3.63) is 91.0 Å². The first-order chi connectivity index (χ1) is 16.2. The third kappa shape index (κ3) is 4.96.